The Labute approximate surface area is 621 Å². The Morgan fingerprint density at radius 1 is 0.382 bits per heavy atom. The van der Waals surface area contributed by atoms with Crippen molar-refractivity contribution in [3.8, 4) is 89.5 Å². The second-order valence-corrected chi connectivity index (χ2v) is 30.5. The van der Waals surface area contributed by atoms with E-state index < -0.39 is 31.9 Å². The van der Waals surface area contributed by atoms with Gasteiger partial charge in [-0.1, -0.05) is 123 Å². The molecule has 8 heterocycles. The van der Waals surface area contributed by atoms with Crippen LogP contribution in [0.1, 0.15) is 202 Å². The first-order chi connectivity index (χ1) is 52.6. The van der Waals surface area contributed by atoms with Crippen LogP contribution in [0.2, 0.25) is 0 Å². The fraction of sp³-hybridized carbons (Fsp3) is 0.319. The summed E-state index contributed by atoms with van der Waals surface area (Å²) >= 11 is 0. The van der Waals surface area contributed by atoms with Crippen LogP contribution in [0.25, 0.3) is 89.5 Å². The van der Waals surface area contributed by atoms with Crippen molar-refractivity contribution >= 4 is 0 Å². The van der Waals surface area contributed by atoms with Crippen LogP contribution in [0.15, 0.2) is 182 Å². The molecular formula is C94H102N8+4. The molecule has 514 valence electrons. The Balaban J connectivity index is 0.000000125. The molecule has 1 atom stereocenters. The molecule has 4 aromatic carbocycles. The Morgan fingerprint density at radius 2 is 0.794 bits per heavy atom. The minimum Gasteiger partial charge on any atom is -0.257 e. The minimum absolute atomic E-state index is 0.0428. The summed E-state index contributed by atoms with van der Waals surface area (Å²) in [4.78, 5) is 19.3. The molecular weight excluding hydrogens is 1240 g/mol. The average Bonchev–Trinajstić information content (AvgIpc) is 1.49. The highest BCUT2D eigenvalue weighted by Gasteiger charge is 2.49. The lowest BCUT2D eigenvalue weighted by Gasteiger charge is -2.28. The van der Waals surface area contributed by atoms with E-state index in [1.54, 1.807) is 31.2 Å². The molecule has 1 unspecified atom stereocenters. The van der Waals surface area contributed by atoms with Crippen molar-refractivity contribution in [3.05, 3.63) is 284 Å². The maximum atomic E-state index is 8.66. The fourth-order valence-corrected chi connectivity index (χ4v) is 17.0. The van der Waals surface area contributed by atoms with E-state index in [1.807, 2.05) is 68.3 Å². The van der Waals surface area contributed by atoms with Crippen LogP contribution in [0.4, 0.5) is 0 Å². The number of rotatable bonds is 5. The van der Waals surface area contributed by atoms with E-state index in [4.69, 9.17) is 28.7 Å². The maximum absolute atomic E-state index is 8.66. The molecule has 102 heavy (non-hydrogen) atoms. The topological polar surface area (TPSA) is 67.1 Å². The van der Waals surface area contributed by atoms with Crippen molar-refractivity contribution < 1.29 is 32.0 Å². The lowest BCUT2D eigenvalue weighted by molar-refractivity contribution is -0.666. The van der Waals surface area contributed by atoms with Gasteiger partial charge in [-0.05, 0) is 207 Å². The molecule has 0 N–H and O–H groups in total. The minimum atomic E-state index is -2.80. The summed E-state index contributed by atoms with van der Waals surface area (Å²) in [5, 5.41) is 0. The van der Waals surface area contributed by atoms with Gasteiger partial charge in [0.15, 0.2) is 24.3 Å². The fourth-order valence-electron chi connectivity index (χ4n) is 17.0. The Morgan fingerprint density at radius 3 is 1.25 bits per heavy atom. The van der Waals surface area contributed by atoms with Crippen LogP contribution in [0.5, 0.6) is 0 Å². The van der Waals surface area contributed by atoms with E-state index in [2.05, 4.69) is 224 Å². The first-order valence-corrected chi connectivity index (χ1v) is 36.0. The molecule has 0 radical (unpaired) electrons. The quantitative estimate of drug-likeness (QED) is 0.161. The van der Waals surface area contributed by atoms with Gasteiger partial charge in [0.2, 0.25) is 22.8 Å². The number of benzene rings is 4. The largest absolute Gasteiger partial charge is 0.257 e. The van der Waals surface area contributed by atoms with E-state index in [0.29, 0.717) is 27.9 Å². The first kappa shape index (κ1) is 57.7. The van der Waals surface area contributed by atoms with E-state index in [0.717, 1.165) is 63.6 Å². The summed E-state index contributed by atoms with van der Waals surface area (Å²) < 4.78 is 90.9. The van der Waals surface area contributed by atoms with Crippen molar-refractivity contribution in [2.75, 3.05) is 0 Å². The summed E-state index contributed by atoms with van der Waals surface area (Å²) in [7, 11) is 8.18. The molecule has 5 aliphatic carbocycles. The van der Waals surface area contributed by atoms with Gasteiger partial charge in [0.05, 0.1) is 28.3 Å². The molecule has 1 saturated carbocycles. The average molecular weight is 1350 g/mol. The Kier molecular flexibility index (Phi) is 14.6. The zero-order chi connectivity index (χ0) is 80.8. The van der Waals surface area contributed by atoms with Crippen molar-refractivity contribution in [2.45, 2.75) is 171 Å². The number of nitrogens with zero attached hydrogens (tertiary/aromatic N) is 8. The highest BCUT2D eigenvalue weighted by molar-refractivity contribution is 5.90. The molecule has 0 amide bonds. The zero-order valence-electron chi connectivity index (χ0n) is 72.7. The number of fused-ring (bicyclic) bond motifs is 14. The van der Waals surface area contributed by atoms with Crippen molar-refractivity contribution in [2.24, 2.45) is 28.2 Å². The summed E-state index contributed by atoms with van der Waals surface area (Å²) in [5.74, 6) is -1.69. The van der Waals surface area contributed by atoms with Gasteiger partial charge in [-0.25, -0.2) is 13.7 Å². The summed E-state index contributed by atoms with van der Waals surface area (Å²) in [6, 6.07) is 56.5. The van der Waals surface area contributed by atoms with Gasteiger partial charge in [0.25, 0.3) is 0 Å². The molecule has 12 aromatic rings. The van der Waals surface area contributed by atoms with Crippen LogP contribution in [0.3, 0.4) is 0 Å². The van der Waals surface area contributed by atoms with Gasteiger partial charge in [0.1, 0.15) is 28.2 Å². The molecule has 0 aliphatic heterocycles. The van der Waals surface area contributed by atoms with Gasteiger partial charge in [-0.15, -0.1) is 0 Å². The third kappa shape index (κ3) is 11.5. The number of aryl methyl sites for hydroxylation is 12. The highest BCUT2D eigenvalue weighted by Crippen LogP contribution is 2.60. The normalized spacial score (nSPS) is 17.4. The first-order valence-electron chi connectivity index (χ1n) is 41.0. The molecule has 0 bridgehead atoms. The lowest BCUT2D eigenvalue weighted by atomic mass is 9.75. The van der Waals surface area contributed by atoms with Crippen molar-refractivity contribution in [3.63, 3.8) is 0 Å². The number of pyridine rings is 8. The summed E-state index contributed by atoms with van der Waals surface area (Å²) in [6.45, 7) is 21.2. The molecule has 5 aliphatic rings. The van der Waals surface area contributed by atoms with Gasteiger partial charge >= 0.3 is 0 Å². The van der Waals surface area contributed by atoms with E-state index in [1.165, 1.54) is 126 Å². The van der Waals surface area contributed by atoms with Gasteiger partial charge in [0, 0.05) is 153 Å². The van der Waals surface area contributed by atoms with Crippen molar-refractivity contribution in [1.29, 1.82) is 0 Å². The van der Waals surface area contributed by atoms with E-state index >= 15 is 0 Å². The Hall–Kier alpha value is -9.92. The SMILES string of the molecule is Cc1ccc2c(n1)C(C)(C)c1cc(C)c(-c3cccc(C)[n+]3C)cc1-2.Cc1ccc2c(n1)C(C)(C)c1cc(C)c(-c3cccc[n+]3C)cc1-2.[2H]C([2H])([2H])C([2H])(C)c1cc[n+](C)c(-c2c(C)ccc3c2C2(CCCC2)c2nc(C)ccc2-3)c1.[2H]C([2H])([2H])C1(C([2H])([2H])[2H])c2cc(C)c(-c3cccc[n+]3C)cc2-c2ccc(C)nc21. The monoisotopic (exact) mass is 1350 g/mol. The lowest BCUT2D eigenvalue weighted by Crippen LogP contribution is -2.34. The number of hydrogen-bond donors (Lipinski definition) is 0. The summed E-state index contributed by atoms with van der Waals surface area (Å²) in [6.07, 6.45) is 10.5. The third-order valence-electron chi connectivity index (χ3n) is 22.7. The second kappa shape index (κ2) is 25.9. The van der Waals surface area contributed by atoms with Gasteiger partial charge in [-0.3, -0.25) is 19.9 Å². The maximum Gasteiger partial charge on any atom is 0.213 e. The van der Waals surface area contributed by atoms with E-state index in [-0.39, 0.29) is 21.9 Å². The molecule has 8 aromatic heterocycles. The molecule has 1 spiro atoms. The number of hydrogen-bond acceptors (Lipinski definition) is 4. The Bertz CT molecular complexity index is 5820. The van der Waals surface area contributed by atoms with Gasteiger partial charge in [-0.2, -0.15) is 4.57 Å². The number of aromatic nitrogens is 8. The van der Waals surface area contributed by atoms with Crippen LogP contribution >= 0.6 is 0 Å². The zero-order valence-corrected chi connectivity index (χ0v) is 62.7. The molecule has 17 rings (SSSR count). The van der Waals surface area contributed by atoms with Gasteiger partial charge < -0.3 is 0 Å². The molecule has 1 fully saturated rings. The third-order valence-corrected chi connectivity index (χ3v) is 22.7. The van der Waals surface area contributed by atoms with Crippen LogP contribution in [0, 0.1) is 62.3 Å². The van der Waals surface area contributed by atoms with Crippen molar-refractivity contribution in [1.82, 2.24) is 19.9 Å². The predicted molar refractivity (Wildman–Crippen MR) is 417 cm³/mol. The molecule has 8 heteroatoms. The standard InChI is InChI=1S/C27H31N2.C23H25N2.2C22H23N2/c1-17(2)20-12-15-29(5)23(16-20)24-18(3)8-10-21-22-11-9-19(4)28-26(22)27(25(21)24)13-6-7-14-27;1-14-12-20-19(13-18(14)21-9-7-8-16(3)25(21)6)17-11-10-15(2)24-22(17)23(20,4)5;2*1-14-12-19-18(13-17(14)20-8-6-7-11-24(20)5)16-10-9-15(2)23-21(16)22(19,3)4/h8-12,15-17H,6-7,13-14H2,1-5H3;7-13H,1-6H3;2*6-13H,1-5H3/q4*+1/i1D3,17D;;3D3,4D3;. The van der Waals surface area contributed by atoms with Crippen LogP contribution in [-0.4, -0.2) is 19.9 Å². The molecule has 0 saturated heterocycles. The van der Waals surface area contributed by atoms with Crippen LogP contribution in [-0.2, 0) is 49.9 Å². The van der Waals surface area contributed by atoms with Crippen LogP contribution < -0.4 is 18.3 Å². The van der Waals surface area contributed by atoms with E-state index in [9.17, 15) is 0 Å². The smallest absolute Gasteiger partial charge is 0.213 e. The predicted octanol–water partition coefficient (Wildman–Crippen LogP) is 20.0. The highest BCUT2D eigenvalue weighted by atomic mass is 14.9. The second-order valence-electron chi connectivity index (χ2n) is 30.5. The summed E-state index contributed by atoms with van der Waals surface area (Å²) in [5.41, 5.74) is 33.9. The molecule has 8 nitrogen and oxygen atoms in total.